The third kappa shape index (κ3) is 4.41. The molecule has 0 amide bonds. The summed E-state index contributed by atoms with van der Waals surface area (Å²) < 4.78 is 26.3. The molecule has 2 aromatic rings. The van der Waals surface area contributed by atoms with E-state index in [0.29, 0.717) is 0 Å². The molecule has 0 saturated heterocycles. The topological polar surface area (TPSA) is 105 Å². The summed E-state index contributed by atoms with van der Waals surface area (Å²) in [5.74, 6) is 0. The van der Waals surface area contributed by atoms with Gasteiger partial charge in [-0.05, 0) is 29.0 Å². The Labute approximate surface area is 150 Å². The minimum atomic E-state index is -3.77. The molecule has 25 heavy (non-hydrogen) atoms. The van der Waals surface area contributed by atoms with Gasteiger partial charge in [0.2, 0.25) is 10.0 Å². The molecular formula is C15H18N4O4S2. The average molecular weight is 382 g/mol. The minimum absolute atomic E-state index is 0.115. The Morgan fingerprint density at radius 2 is 2.04 bits per heavy atom. The van der Waals surface area contributed by atoms with E-state index in [4.69, 9.17) is 0 Å². The standard InChI is InChI=1S/C15H18N4O4S2/c1-3-18(4-2)25(22,23)13-5-6-14(15(9-13)19(20)21)17-16-10-12-7-8-24-11-12/h5-11,17H,3-4H2,1-2H3/b16-10-. The summed E-state index contributed by atoms with van der Waals surface area (Å²) in [5.41, 5.74) is 3.22. The first-order chi connectivity index (χ1) is 11.9. The number of sulfonamides is 1. The molecule has 0 aliphatic rings. The maximum absolute atomic E-state index is 12.5. The molecular weight excluding hydrogens is 364 g/mol. The van der Waals surface area contributed by atoms with Crippen LogP contribution in [0.1, 0.15) is 19.4 Å². The smallest absolute Gasteiger partial charge is 0.272 e. The monoisotopic (exact) mass is 382 g/mol. The van der Waals surface area contributed by atoms with Crippen molar-refractivity contribution >= 4 is 38.9 Å². The maximum atomic E-state index is 12.5. The van der Waals surface area contributed by atoms with Gasteiger partial charge in [-0.1, -0.05) is 13.8 Å². The third-order valence-corrected chi connectivity index (χ3v) is 6.20. The number of benzene rings is 1. The van der Waals surface area contributed by atoms with Crippen molar-refractivity contribution < 1.29 is 13.3 Å². The number of nitro groups is 1. The second-order valence-corrected chi connectivity index (χ2v) is 7.67. The van der Waals surface area contributed by atoms with Crippen molar-refractivity contribution in [2.24, 2.45) is 5.10 Å². The molecule has 0 aliphatic heterocycles. The summed E-state index contributed by atoms with van der Waals surface area (Å²) in [6, 6.07) is 5.59. The first kappa shape index (κ1) is 19.0. The Morgan fingerprint density at radius 3 is 2.60 bits per heavy atom. The van der Waals surface area contributed by atoms with Gasteiger partial charge in [0.15, 0.2) is 0 Å². The van der Waals surface area contributed by atoms with E-state index in [2.05, 4.69) is 10.5 Å². The zero-order valence-corrected chi connectivity index (χ0v) is 15.4. The van der Waals surface area contributed by atoms with Crippen LogP contribution in [-0.4, -0.2) is 37.0 Å². The minimum Gasteiger partial charge on any atom is -0.272 e. The number of nitrogens with zero attached hydrogens (tertiary/aromatic N) is 3. The van der Waals surface area contributed by atoms with Crippen molar-refractivity contribution in [3.05, 3.63) is 50.7 Å². The van der Waals surface area contributed by atoms with Gasteiger partial charge in [-0.15, -0.1) is 0 Å². The molecule has 0 radical (unpaired) electrons. The number of thiophene rings is 1. The molecule has 1 aromatic carbocycles. The lowest BCUT2D eigenvalue weighted by atomic mass is 10.3. The van der Waals surface area contributed by atoms with Crippen LogP contribution in [0.15, 0.2) is 45.0 Å². The average Bonchev–Trinajstić information content (AvgIpc) is 3.09. The van der Waals surface area contributed by atoms with Crippen LogP contribution in [0.25, 0.3) is 0 Å². The first-order valence-corrected chi connectivity index (χ1v) is 9.88. The van der Waals surface area contributed by atoms with Crippen LogP contribution < -0.4 is 5.43 Å². The number of hydrogen-bond donors (Lipinski definition) is 1. The Hall–Kier alpha value is -2.30. The van der Waals surface area contributed by atoms with Gasteiger partial charge in [0.25, 0.3) is 5.69 Å². The van der Waals surface area contributed by atoms with Gasteiger partial charge in [-0.25, -0.2) is 8.42 Å². The Bertz CT molecular complexity index is 860. The molecule has 134 valence electrons. The normalized spacial score (nSPS) is 12.0. The summed E-state index contributed by atoms with van der Waals surface area (Å²) in [6.07, 6.45) is 1.53. The molecule has 2 rings (SSSR count). The van der Waals surface area contributed by atoms with E-state index in [0.717, 1.165) is 11.6 Å². The van der Waals surface area contributed by atoms with E-state index in [1.807, 2.05) is 16.8 Å². The van der Waals surface area contributed by atoms with Gasteiger partial charge in [-0.3, -0.25) is 15.5 Å². The van der Waals surface area contributed by atoms with E-state index in [1.54, 1.807) is 13.8 Å². The molecule has 0 aliphatic carbocycles. The molecule has 1 N–H and O–H groups in total. The van der Waals surface area contributed by atoms with E-state index >= 15 is 0 Å². The van der Waals surface area contributed by atoms with Crippen LogP contribution >= 0.6 is 11.3 Å². The molecule has 8 nitrogen and oxygen atoms in total. The van der Waals surface area contributed by atoms with E-state index in [9.17, 15) is 18.5 Å². The van der Waals surface area contributed by atoms with Gasteiger partial charge >= 0.3 is 0 Å². The SMILES string of the molecule is CCN(CC)S(=O)(=O)c1ccc(N/N=C\c2ccsc2)c([N+](=O)[O-])c1. The van der Waals surface area contributed by atoms with Crippen molar-refractivity contribution in [1.29, 1.82) is 0 Å². The number of hydrogen-bond acceptors (Lipinski definition) is 7. The number of nitro benzene ring substituents is 1. The van der Waals surface area contributed by atoms with Gasteiger partial charge in [-0.2, -0.15) is 20.7 Å². The quantitative estimate of drug-likeness (QED) is 0.429. The van der Waals surface area contributed by atoms with Crippen molar-refractivity contribution in [3.8, 4) is 0 Å². The largest absolute Gasteiger partial charge is 0.295 e. The Kier molecular flexibility index (Phi) is 6.23. The van der Waals surface area contributed by atoms with Crippen LogP contribution in [0.2, 0.25) is 0 Å². The summed E-state index contributed by atoms with van der Waals surface area (Å²) in [7, 11) is -3.77. The van der Waals surface area contributed by atoms with Gasteiger partial charge in [0.1, 0.15) is 5.69 Å². The Balaban J connectivity index is 2.33. The zero-order chi connectivity index (χ0) is 18.4. The van der Waals surface area contributed by atoms with E-state index in [1.165, 1.54) is 34.0 Å². The van der Waals surface area contributed by atoms with Crippen LogP contribution in [0, 0.1) is 10.1 Å². The van der Waals surface area contributed by atoms with Gasteiger partial charge in [0.05, 0.1) is 16.0 Å². The van der Waals surface area contributed by atoms with Gasteiger partial charge in [0, 0.05) is 24.7 Å². The second kappa shape index (κ2) is 8.19. The molecule has 0 bridgehead atoms. The van der Waals surface area contributed by atoms with Gasteiger partial charge < -0.3 is 0 Å². The van der Waals surface area contributed by atoms with Crippen molar-refractivity contribution in [3.63, 3.8) is 0 Å². The zero-order valence-electron chi connectivity index (χ0n) is 13.7. The van der Waals surface area contributed by atoms with E-state index < -0.39 is 14.9 Å². The fourth-order valence-corrected chi connectivity index (χ4v) is 4.24. The lowest BCUT2D eigenvalue weighted by Gasteiger charge is -2.18. The van der Waals surface area contributed by atoms with Crippen molar-refractivity contribution in [2.75, 3.05) is 18.5 Å². The van der Waals surface area contributed by atoms with E-state index in [-0.39, 0.29) is 29.4 Å². The summed E-state index contributed by atoms with van der Waals surface area (Å²) >= 11 is 1.51. The fraction of sp³-hybridized carbons (Fsp3) is 0.267. The van der Waals surface area contributed by atoms with Crippen molar-refractivity contribution in [1.82, 2.24) is 4.31 Å². The first-order valence-electron chi connectivity index (χ1n) is 7.50. The maximum Gasteiger partial charge on any atom is 0.295 e. The van der Waals surface area contributed by atoms with Crippen LogP contribution in [0.4, 0.5) is 11.4 Å². The Morgan fingerprint density at radius 1 is 1.32 bits per heavy atom. The molecule has 0 saturated carbocycles. The fourth-order valence-electron chi connectivity index (χ4n) is 2.15. The molecule has 0 fully saturated rings. The van der Waals surface area contributed by atoms with Crippen LogP contribution in [0.5, 0.6) is 0 Å². The highest BCUT2D eigenvalue weighted by Crippen LogP contribution is 2.29. The predicted octanol–water partition coefficient (Wildman–Crippen LogP) is 3.13. The summed E-state index contributed by atoms with van der Waals surface area (Å²) in [4.78, 5) is 10.6. The number of hydrazone groups is 1. The molecule has 1 aromatic heterocycles. The lowest BCUT2D eigenvalue weighted by molar-refractivity contribution is -0.384. The lowest BCUT2D eigenvalue weighted by Crippen LogP contribution is -2.30. The highest BCUT2D eigenvalue weighted by Gasteiger charge is 2.25. The highest BCUT2D eigenvalue weighted by molar-refractivity contribution is 7.89. The molecule has 0 unspecified atom stereocenters. The highest BCUT2D eigenvalue weighted by atomic mass is 32.2. The van der Waals surface area contributed by atoms with Crippen LogP contribution in [-0.2, 0) is 10.0 Å². The third-order valence-electron chi connectivity index (χ3n) is 3.45. The second-order valence-electron chi connectivity index (χ2n) is 4.95. The number of rotatable bonds is 8. The molecule has 1 heterocycles. The predicted molar refractivity (Wildman–Crippen MR) is 98.7 cm³/mol. The summed E-state index contributed by atoms with van der Waals surface area (Å²) in [5, 5.41) is 19.0. The van der Waals surface area contributed by atoms with Crippen LogP contribution in [0.3, 0.4) is 0 Å². The van der Waals surface area contributed by atoms with Crippen molar-refractivity contribution in [2.45, 2.75) is 18.7 Å². The molecule has 10 heteroatoms. The summed E-state index contributed by atoms with van der Waals surface area (Å²) in [6.45, 7) is 4.00. The number of anilines is 1. The number of nitrogens with one attached hydrogen (secondary N) is 1. The molecule has 0 spiro atoms. The molecule has 0 atom stereocenters.